The van der Waals surface area contributed by atoms with Crippen LogP contribution in [0.15, 0.2) is 41.8 Å². The molecule has 1 fully saturated rings. The van der Waals surface area contributed by atoms with Crippen molar-refractivity contribution in [2.75, 3.05) is 33.5 Å². The van der Waals surface area contributed by atoms with E-state index in [4.69, 9.17) is 14.2 Å². The van der Waals surface area contributed by atoms with Crippen LogP contribution in [0.5, 0.6) is 11.5 Å². The Morgan fingerprint density at radius 2 is 1.96 bits per heavy atom. The van der Waals surface area contributed by atoms with Crippen LogP contribution >= 0.6 is 11.3 Å². The van der Waals surface area contributed by atoms with Crippen molar-refractivity contribution < 1.29 is 19.0 Å². The van der Waals surface area contributed by atoms with Gasteiger partial charge >= 0.3 is 0 Å². The Labute approximate surface area is 158 Å². The van der Waals surface area contributed by atoms with Crippen LogP contribution in [0.1, 0.15) is 17.7 Å². The third-order valence-electron chi connectivity index (χ3n) is 4.55. The van der Waals surface area contributed by atoms with Crippen LogP contribution in [0.25, 0.3) is 0 Å². The molecule has 26 heavy (non-hydrogen) atoms. The summed E-state index contributed by atoms with van der Waals surface area (Å²) in [5, 5.41) is 2.07. The van der Waals surface area contributed by atoms with E-state index in [0.717, 1.165) is 19.3 Å². The van der Waals surface area contributed by atoms with Gasteiger partial charge in [-0.15, -0.1) is 11.3 Å². The lowest BCUT2D eigenvalue weighted by atomic mass is 10.1. The summed E-state index contributed by atoms with van der Waals surface area (Å²) in [5.74, 6) is 1.24. The fourth-order valence-electron chi connectivity index (χ4n) is 3.15. The molecule has 0 aliphatic carbocycles. The molecule has 2 heterocycles. The van der Waals surface area contributed by atoms with Gasteiger partial charge in [-0.2, -0.15) is 0 Å². The number of amides is 1. The molecule has 6 heteroatoms. The van der Waals surface area contributed by atoms with E-state index in [1.165, 1.54) is 4.88 Å². The van der Waals surface area contributed by atoms with Gasteiger partial charge in [-0.1, -0.05) is 18.2 Å². The number of hydrogen-bond acceptors (Lipinski definition) is 5. The van der Waals surface area contributed by atoms with E-state index in [1.54, 1.807) is 18.4 Å². The highest BCUT2D eigenvalue weighted by atomic mass is 32.1. The van der Waals surface area contributed by atoms with Crippen molar-refractivity contribution in [2.24, 2.45) is 0 Å². The van der Waals surface area contributed by atoms with E-state index in [0.29, 0.717) is 31.3 Å². The summed E-state index contributed by atoms with van der Waals surface area (Å²) in [6.07, 6.45) is 2.63. The smallest absolute Gasteiger partial charge is 0.260 e. The van der Waals surface area contributed by atoms with Crippen LogP contribution in [0.2, 0.25) is 0 Å². The molecule has 0 bridgehead atoms. The molecule has 0 unspecified atom stereocenters. The minimum absolute atomic E-state index is 0.0133. The van der Waals surface area contributed by atoms with Gasteiger partial charge in [-0.25, -0.2) is 0 Å². The molecule has 1 aromatic carbocycles. The highest BCUT2D eigenvalue weighted by Gasteiger charge is 2.26. The SMILES string of the molecule is COc1ccccc1OCC(=O)N(CCc1cccs1)C1CCOCC1. The zero-order chi connectivity index (χ0) is 18.2. The van der Waals surface area contributed by atoms with Crippen molar-refractivity contribution >= 4 is 17.2 Å². The van der Waals surface area contributed by atoms with Crippen LogP contribution in [0.4, 0.5) is 0 Å². The standard InChI is InChI=1S/C20H25NO4S/c1-23-18-6-2-3-7-19(18)25-15-20(22)21(16-9-12-24-13-10-16)11-8-17-5-4-14-26-17/h2-7,14,16H,8-13,15H2,1H3. The second kappa shape index (κ2) is 9.59. The van der Waals surface area contributed by atoms with Crippen molar-refractivity contribution in [3.05, 3.63) is 46.7 Å². The van der Waals surface area contributed by atoms with E-state index < -0.39 is 0 Å². The first-order chi connectivity index (χ1) is 12.8. The van der Waals surface area contributed by atoms with Gasteiger partial charge < -0.3 is 19.1 Å². The molecule has 3 rings (SSSR count). The van der Waals surface area contributed by atoms with Crippen LogP contribution < -0.4 is 9.47 Å². The van der Waals surface area contributed by atoms with Gasteiger partial charge in [0.15, 0.2) is 18.1 Å². The zero-order valence-electron chi connectivity index (χ0n) is 15.1. The number of nitrogens with zero attached hydrogens (tertiary/aromatic N) is 1. The summed E-state index contributed by atoms with van der Waals surface area (Å²) < 4.78 is 16.5. The minimum Gasteiger partial charge on any atom is -0.493 e. The Hall–Kier alpha value is -2.05. The molecule has 1 aliphatic rings. The summed E-state index contributed by atoms with van der Waals surface area (Å²) >= 11 is 1.73. The summed E-state index contributed by atoms with van der Waals surface area (Å²) in [6.45, 7) is 2.14. The first-order valence-corrected chi connectivity index (χ1v) is 9.81. The first-order valence-electron chi connectivity index (χ1n) is 8.93. The maximum Gasteiger partial charge on any atom is 0.260 e. The summed E-state index contributed by atoms with van der Waals surface area (Å²) in [7, 11) is 1.60. The van der Waals surface area contributed by atoms with E-state index in [-0.39, 0.29) is 18.6 Å². The molecule has 0 spiro atoms. The Bertz CT molecular complexity index is 683. The molecule has 5 nitrogen and oxygen atoms in total. The third-order valence-corrected chi connectivity index (χ3v) is 5.49. The molecule has 0 saturated carbocycles. The fraction of sp³-hybridized carbons (Fsp3) is 0.450. The zero-order valence-corrected chi connectivity index (χ0v) is 15.9. The number of ether oxygens (including phenoxy) is 3. The van der Waals surface area contributed by atoms with Gasteiger partial charge in [-0.3, -0.25) is 4.79 Å². The van der Waals surface area contributed by atoms with Crippen LogP contribution in [0, 0.1) is 0 Å². The molecule has 1 saturated heterocycles. The lowest BCUT2D eigenvalue weighted by molar-refractivity contribution is -0.137. The minimum atomic E-state index is 0.0133. The van der Waals surface area contributed by atoms with Gasteiger partial charge in [0.05, 0.1) is 7.11 Å². The molecule has 0 radical (unpaired) electrons. The van der Waals surface area contributed by atoms with E-state index in [1.807, 2.05) is 35.2 Å². The monoisotopic (exact) mass is 375 g/mol. The van der Waals surface area contributed by atoms with Gasteiger partial charge in [0.1, 0.15) is 0 Å². The topological polar surface area (TPSA) is 48.0 Å². The number of thiophene rings is 1. The van der Waals surface area contributed by atoms with Gasteiger partial charge in [0.25, 0.3) is 5.91 Å². The van der Waals surface area contributed by atoms with Crippen molar-refractivity contribution in [3.63, 3.8) is 0 Å². The van der Waals surface area contributed by atoms with E-state index in [2.05, 4.69) is 11.4 Å². The molecule has 140 valence electrons. The highest BCUT2D eigenvalue weighted by Crippen LogP contribution is 2.26. The molecular formula is C20H25NO4S. The molecule has 0 atom stereocenters. The van der Waals surface area contributed by atoms with Crippen LogP contribution in [0.3, 0.4) is 0 Å². The average Bonchev–Trinajstić information content (AvgIpc) is 3.21. The molecule has 1 aliphatic heterocycles. The normalized spacial score (nSPS) is 14.8. The predicted octanol–water partition coefficient (Wildman–Crippen LogP) is 3.39. The van der Waals surface area contributed by atoms with Crippen molar-refractivity contribution in [1.82, 2.24) is 4.90 Å². The van der Waals surface area contributed by atoms with Crippen molar-refractivity contribution in [3.8, 4) is 11.5 Å². The number of hydrogen-bond donors (Lipinski definition) is 0. The quantitative estimate of drug-likeness (QED) is 0.710. The number of carbonyl (C=O) groups excluding carboxylic acids is 1. The number of methoxy groups -OCH3 is 1. The molecule has 2 aromatic rings. The predicted molar refractivity (Wildman–Crippen MR) is 102 cm³/mol. The second-order valence-corrected chi connectivity index (χ2v) is 7.23. The Kier molecular flexibility index (Phi) is 6.91. The Morgan fingerprint density at radius 3 is 2.65 bits per heavy atom. The second-order valence-electron chi connectivity index (χ2n) is 6.20. The van der Waals surface area contributed by atoms with Crippen molar-refractivity contribution in [1.29, 1.82) is 0 Å². The maximum absolute atomic E-state index is 12.9. The summed E-state index contributed by atoms with van der Waals surface area (Å²) in [4.78, 5) is 16.2. The third kappa shape index (κ3) is 4.99. The molecule has 0 N–H and O–H groups in total. The van der Waals surface area contributed by atoms with E-state index >= 15 is 0 Å². The fourth-order valence-corrected chi connectivity index (χ4v) is 3.85. The summed E-state index contributed by atoms with van der Waals surface area (Å²) in [6, 6.07) is 11.8. The van der Waals surface area contributed by atoms with E-state index in [9.17, 15) is 4.79 Å². The molecule has 1 amide bonds. The number of carbonyl (C=O) groups is 1. The average molecular weight is 375 g/mol. The Morgan fingerprint density at radius 1 is 1.19 bits per heavy atom. The summed E-state index contributed by atoms with van der Waals surface area (Å²) in [5.41, 5.74) is 0. The molecular weight excluding hydrogens is 350 g/mol. The van der Waals surface area contributed by atoms with Gasteiger partial charge in [0, 0.05) is 30.7 Å². The maximum atomic E-state index is 12.9. The highest BCUT2D eigenvalue weighted by molar-refractivity contribution is 7.09. The number of benzene rings is 1. The Balaban J connectivity index is 1.63. The largest absolute Gasteiger partial charge is 0.493 e. The van der Waals surface area contributed by atoms with Gasteiger partial charge in [-0.05, 0) is 42.8 Å². The number of rotatable bonds is 8. The molecule has 1 aromatic heterocycles. The van der Waals surface area contributed by atoms with Crippen LogP contribution in [-0.2, 0) is 16.0 Å². The lowest BCUT2D eigenvalue weighted by Crippen LogP contribution is -2.46. The number of para-hydroxylation sites is 2. The van der Waals surface area contributed by atoms with Crippen molar-refractivity contribution in [2.45, 2.75) is 25.3 Å². The first kappa shape index (κ1) is 18.7. The van der Waals surface area contributed by atoms with Gasteiger partial charge in [0.2, 0.25) is 0 Å². The van der Waals surface area contributed by atoms with Crippen LogP contribution in [-0.4, -0.2) is 50.3 Å². The lowest BCUT2D eigenvalue weighted by Gasteiger charge is -2.34.